The fourth-order valence-electron chi connectivity index (χ4n) is 10.7. The summed E-state index contributed by atoms with van der Waals surface area (Å²) in [6, 6.07) is 11.8. The number of benzene rings is 2. The Labute approximate surface area is 351 Å². The van der Waals surface area contributed by atoms with E-state index in [0.29, 0.717) is 47.2 Å². The molecule has 3 aromatic rings. The Balaban J connectivity index is 0.744. The molecule has 2 saturated carbocycles. The largest absolute Gasteiger partial charge is 0.489 e. The standard InChI is InChI=1S/C43H45ClFN9O6/c1-42(2)40(43(3,4)41(42)60-23-6-5-22(18-46)29(44)15-23)48-36(56)31-7-9-34(50-49-31)53-20-27-26(28(27)21-53)19-51-11-13-52(14-12-51)33-17-25-24(16-30(33)45)38(58)54(39(25)59)32-8-10-35(55)47-37(32)57/h5-7,9,15-17,26-28,32,40-41H,8,10-14,19-21H2,1-4H3,(H,48,56)(H,47,55,57)/t26-,27-,28+,32?,40-,41-. The van der Waals surface area contributed by atoms with Crippen LogP contribution in [0.15, 0.2) is 42.5 Å². The topological polar surface area (TPSA) is 181 Å². The predicted octanol–water partition coefficient (Wildman–Crippen LogP) is 3.66. The third kappa shape index (κ3) is 6.62. The molecule has 6 aliphatic rings. The average Bonchev–Trinajstić information content (AvgIpc) is 3.52. The minimum Gasteiger partial charge on any atom is -0.489 e. The van der Waals surface area contributed by atoms with Crippen LogP contribution in [-0.2, 0) is 9.59 Å². The molecule has 3 saturated heterocycles. The van der Waals surface area contributed by atoms with Crippen molar-refractivity contribution < 1.29 is 33.1 Å². The number of halogens is 2. The summed E-state index contributed by atoms with van der Waals surface area (Å²) >= 11 is 6.24. The van der Waals surface area contributed by atoms with Crippen LogP contribution in [0.1, 0.15) is 77.3 Å². The molecule has 17 heteroatoms. The van der Waals surface area contributed by atoms with Gasteiger partial charge < -0.3 is 19.9 Å². The van der Waals surface area contributed by atoms with E-state index in [1.54, 1.807) is 24.3 Å². The Morgan fingerprint density at radius 1 is 0.950 bits per heavy atom. The van der Waals surface area contributed by atoms with Gasteiger partial charge in [-0.05, 0) is 60.6 Å². The summed E-state index contributed by atoms with van der Waals surface area (Å²) < 4.78 is 21.8. The van der Waals surface area contributed by atoms with Gasteiger partial charge in [-0.25, -0.2) is 4.39 Å². The number of ether oxygens (including phenoxy) is 1. The summed E-state index contributed by atoms with van der Waals surface area (Å²) in [6.07, 6.45) is -0.182. The first-order valence-electron chi connectivity index (χ1n) is 20.3. The van der Waals surface area contributed by atoms with Crippen LogP contribution in [0.5, 0.6) is 5.75 Å². The highest BCUT2D eigenvalue weighted by Crippen LogP contribution is 2.56. The van der Waals surface area contributed by atoms with Gasteiger partial charge in [0.2, 0.25) is 11.8 Å². The van der Waals surface area contributed by atoms with E-state index in [1.807, 2.05) is 38.7 Å². The van der Waals surface area contributed by atoms with Crippen LogP contribution in [0.4, 0.5) is 15.9 Å². The molecule has 2 aromatic carbocycles. The fourth-order valence-corrected chi connectivity index (χ4v) is 10.9. The van der Waals surface area contributed by atoms with Crippen molar-refractivity contribution in [1.29, 1.82) is 5.26 Å². The lowest BCUT2D eigenvalue weighted by Crippen LogP contribution is -2.74. The van der Waals surface area contributed by atoms with Gasteiger partial charge in [-0.2, -0.15) is 5.26 Å². The van der Waals surface area contributed by atoms with Gasteiger partial charge in [-0.15, -0.1) is 10.2 Å². The number of nitrogens with one attached hydrogen (secondary N) is 2. The van der Waals surface area contributed by atoms with Gasteiger partial charge in [0.15, 0.2) is 11.5 Å². The molecule has 60 heavy (non-hydrogen) atoms. The molecule has 5 heterocycles. The maximum atomic E-state index is 15.5. The normalized spacial score (nSPS) is 27.8. The van der Waals surface area contributed by atoms with Gasteiger partial charge in [0.05, 0.1) is 27.4 Å². The minimum atomic E-state index is -1.11. The molecular weight excluding hydrogens is 793 g/mol. The molecule has 2 N–H and O–H groups in total. The van der Waals surface area contributed by atoms with Gasteiger partial charge in [-0.3, -0.25) is 39.1 Å². The molecule has 4 atom stereocenters. The zero-order valence-corrected chi connectivity index (χ0v) is 34.5. The van der Waals surface area contributed by atoms with E-state index in [4.69, 9.17) is 16.3 Å². The van der Waals surface area contributed by atoms with E-state index in [-0.39, 0.29) is 53.4 Å². The predicted molar refractivity (Wildman–Crippen MR) is 216 cm³/mol. The molecule has 9 rings (SSSR count). The number of hydrogen-bond acceptors (Lipinski definition) is 12. The highest BCUT2D eigenvalue weighted by molar-refractivity contribution is 6.31. The summed E-state index contributed by atoms with van der Waals surface area (Å²) in [5.74, 6) is -0.549. The van der Waals surface area contributed by atoms with Crippen molar-refractivity contribution in [3.63, 3.8) is 0 Å². The molecule has 312 valence electrons. The van der Waals surface area contributed by atoms with Crippen molar-refractivity contribution in [2.24, 2.45) is 28.6 Å². The first kappa shape index (κ1) is 39.8. The third-order valence-electron chi connectivity index (χ3n) is 13.7. The average molecular weight is 838 g/mol. The molecule has 5 amide bonds. The molecule has 4 aliphatic heterocycles. The number of carbonyl (C=O) groups is 5. The number of aromatic nitrogens is 2. The van der Waals surface area contributed by atoms with E-state index in [0.717, 1.165) is 49.5 Å². The van der Waals surface area contributed by atoms with E-state index in [2.05, 4.69) is 36.7 Å². The van der Waals surface area contributed by atoms with Crippen LogP contribution in [0.25, 0.3) is 0 Å². The van der Waals surface area contributed by atoms with E-state index < -0.39 is 46.3 Å². The van der Waals surface area contributed by atoms with Crippen LogP contribution in [0, 0.1) is 45.7 Å². The molecular formula is C43H45ClFN9O6. The Hall–Kier alpha value is -5.66. The van der Waals surface area contributed by atoms with E-state index in [9.17, 15) is 29.2 Å². The Kier molecular flexibility index (Phi) is 9.62. The lowest BCUT2D eigenvalue weighted by molar-refractivity contribution is -0.164. The summed E-state index contributed by atoms with van der Waals surface area (Å²) in [4.78, 5) is 71.2. The first-order valence-corrected chi connectivity index (χ1v) is 20.7. The number of amides is 5. The molecule has 5 fully saturated rings. The van der Waals surface area contributed by atoms with Crippen molar-refractivity contribution >= 4 is 52.6 Å². The molecule has 0 spiro atoms. The van der Waals surface area contributed by atoms with Gasteiger partial charge >= 0.3 is 0 Å². The number of anilines is 2. The second-order valence-corrected chi connectivity index (χ2v) is 18.5. The number of fused-ring (bicyclic) bond motifs is 2. The van der Waals surface area contributed by atoms with Crippen molar-refractivity contribution in [2.45, 2.75) is 58.7 Å². The third-order valence-corrected chi connectivity index (χ3v) is 14.0. The lowest BCUT2D eigenvalue weighted by atomic mass is 9.49. The number of carbonyl (C=O) groups excluding carboxylic acids is 5. The van der Waals surface area contributed by atoms with Gasteiger partial charge in [-0.1, -0.05) is 39.3 Å². The number of nitrogens with zero attached hydrogens (tertiary/aromatic N) is 7. The monoisotopic (exact) mass is 837 g/mol. The minimum absolute atomic E-state index is 0.0113. The second kappa shape index (κ2) is 14.5. The van der Waals surface area contributed by atoms with Crippen molar-refractivity contribution in [3.8, 4) is 11.8 Å². The van der Waals surface area contributed by atoms with Crippen LogP contribution < -0.4 is 25.2 Å². The highest BCUT2D eigenvalue weighted by atomic mass is 35.5. The number of imide groups is 2. The Bertz CT molecular complexity index is 2350. The molecule has 0 radical (unpaired) electrons. The fraction of sp³-hybridized carbons (Fsp3) is 0.488. The van der Waals surface area contributed by atoms with Crippen molar-refractivity contribution in [1.82, 2.24) is 30.6 Å². The molecule has 0 bridgehead atoms. The number of piperazine rings is 1. The van der Waals surface area contributed by atoms with Gasteiger partial charge in [0.25, 0.3) is 17.7 Å². The second-order valence-electron chi connectivity index (χ2n) is 18.1. The molecule has 1 aromatic heterocycles. The van der Waals surface area contributed by atoms with Crippen molar-refractivity contribution in [2.75, 3.05) is 55.6 Å². The summed E-state index contributed by atoms with van der Waals surface area (Å²) in [7, 11) is 0. The number of hydrogen-bond donors (Lipinski definition) is 2. The lowest BCUT2D eigenvalue weighted by Gasteiger charge is -2.63. The zero-order chi connectivity index (χ0) is 42.4. The van der Waals surface area contributed by atoms with Crippen molar-refractivity contribution in [3.05, 3.63) is 75.7 Å². The van der Waals surface area contributed by atoms with Gasteiger partial charge in [0, 0.05) is 75.2 Å². The smallest absolute Gasteiger partial charge is 0.272 e. The zero-order valence-electron chi connectivity index (χ0n) is 33.7. The summed E-state index contributed by atoms with van der Waals surface area (Å²) in [5.41, 5.74) is 0.0403. The number of piperidine rings is 2. The quantitative estimate of drug-likeness (QED) is 0.299. The number of rotatable bonds is 9. The van der Waals surface area contributed by atoms with E-state index >= 15 is 4.39 Å². The first-order chi connectivity index (χ1) is 28.6. The number of nitriles is 1. The maximum absolute atomic E-state index is 15.5. The van der Waals surface area contributed by atoms with Crippen LogP contribution in [-0.4, -0.2) is 114 Å². The molecule has 2 aliphatic carbocycles. The van der Waals surface area contributed by atoms with E-state index in [1.165, 1.54) is 6.07 Å². The molecule has 15 nitrogen and oxygen atoms in total. The maximum Gasteiger partial charge on any atom is 0.272 e. The van der Waals surface area contributed by atoms with Gasteiger partial charge in [0.1, 0.15) is 29.8 Å². The van der Waals surface area contributed by atoms with Crippen LogP contribution in [0.2, 0.25) is 5.02 Å². The summed E-state index contributed by atoms with van der Waals surface area (Å²) in [6.45, 7) is 13.4. The Morgan fingerprint density at radius 3 is 2.25 bits per heavy atom. The van der Waals surface area contributed by atoms with Crippen LogP contribution in [0.3, 0.4) is 0 Å². The SMILES string of the molecule is CC1(C)[C@H](NC(=O)c2ccc(N3C[C@@H]4[C@@H](CN5CCN(c6cc7c(cc6F)C(=O)N(C6CCC(=O)NC6=O)C7=O)CC5)[C@@H]4C3)nn2)C(C)(C)[C@H]1Oc1ccc(C#N)c(Cl)c1. The summed E-state index contributed by atoms with van der Waals surface area (Å²) in [5, 5.41) is 23.6. The molecule has 1 unspecified atom stereocenters. The Morgan fingerprint density at radius 2 is 1.63 bits per heavy atom. The highest BCUT2D eigenvalue weighted by Gasteiger charge is 2.64. The van der Waals surface area contributed by atoms with Crippen LogP contribution >= 0.6 is 11.6 Å².